The molecule has 0 unspecified atom stereocenters. The Kier molecular flexibility index (Phi) is 4.85. The average molecular weight is 377 g/mol. The zero-order valence-electron chi connectivity index (χ0n) is 13.0. The van der Waals surface area contributed by atoms with Gasteiger partial charge in [-0.3, -0.25) is 14.9 Å². The molecule has 0 spiro atoms. The molecule has 0 aliphatic rings. The molecular weight excluding hydrogens is 367 g/mol. The standard InChI is InChI=1S/C15H10ClFN6O3/c16-12-5-4-11(23(25)26)7-13(12)18-14(24)8-22-20-15(19-21-22)9-2-1-3-10(17)6-9/h1-7H,8H2,(H,18,24). The largest absolute Gasteiger partial charge is 0.323 e. The van der Waals surface area contributed by atoms with Crippen LogP contribution in [0.4, 0.5) is 15.8 Å². The molecule has 26 heavy (non-hydrogen) atoms. The molecule has 0 saturated heterocycles. The summed E-state index contributed by atoms with van der Waals surface area (Å²) in [5.41, 5.74) is 0.298. The number of rotatable bonds is 5. The lowest BCUT2D eigenvalue weighted by Gasteiger charge is -2.06. The highest BCUT2D eigenvalue weighted by atomic mass is 35.5. The molecule has 1 heterocycles. The van der Waals surface area contributed by atoms with E-state index in [-0.39, 0.29) is 28.8 Å². The van der Waals surface area contributed by atoms with E-state index >= 15 is 0 Å². The number of halogens is 2. The monoisotopic (exact) mass is 376 g/mol. The number of hydrogen-bond acceptors (Lipinski definition) is 6. The van der Waals surface area contributed by atoms with Crippen molar-refractivity contribution in [2.24, 2.45) is 0 Å². The van der Waals surface area contributed by atoms with Gasteiger partial charge in [0.05, 0.1) is 15.6 Å². The van der Waals surface area contributed by atoms with Crippen LogP contribution in [0.15, 0.2) is 42.5 Å². The summed E-state index contributed by atoms with van der Waals surface area (Å²) in [6.07, 6.45) is 0. The summed E-state index contributed by atoms with van der Waals surface area (Å²) in [6.45, 7) is -0.304. The molecule has 3 aromatic rings. The number of nitrogens with zero attached hydrogens (tertiary/aromatic N) is 5. The van der Waals surface area contributed by atoms with Gasteiger partial charge in [0.2, 0.25) is 11.7 Å². The first-order chi connectivity index (χ1) is 12.4. The molecule has 0 radical (unpaired) electrons. The molecular formula is C15H10ClFN6O3. The van der Waals surface area contributed by atoms with Gasteiger partial charge in [0.15, 0.2) is 0 Å². The van der Waals surface area contributed by atoms with Crippen molar-refractivity contribution in [3.63, 3.8) is 0 Å². The predicted molar refractivity (Wildman–Crippen MR) is 89.9 cm³/mol. The number of nitrogens with one attached hydrogen (secondary N) is 1. The van der Waals surface area contributed by atoms with Gasteiger partial charge in [-0.15, -0.1) is 10.2 Å². The Morgan fingerprint density at radius 3 is 2.85 bits per heavy atom. The number of tetrazole rings is 1. The Bertz CT molecular complexity index is 993. The van der Waals surface area contributed by atoms with Crippen LogP contribution >= 0.6 is 11.6 Å². The minimum Gasteiger partial charge on any atom is -0.323 e. The van der Waals surface area contributed by atoms with Gasteiger partial charge in [-0.1, -0.05) is 23.7 Å². The first kappa shape index (κ1) is 17.4. The minimum absolute atomic E-state index is 0.0938. The van der Waals surface area contributed by atoms with Gasteiger partial charge in [-0.2, -0.15) is 4.80 Å². The molecule has 0 aliphatic carbocycles. The number of carbonyl (C=O) groups is 1. The van der Waals surface area contributed by atoms with E-state index < -0.39 is 16.6 Å². The van der Waals surface area contributed by atoms with Crippen LogP contribution in [-0.4, -0.2) is 31.0 Å². The van der Waals surface area contributed by atoms with Crippen LogP contribution in [0, 0.1) is 15.9 Å². The summed E-state index contributed by atoms with van der Waals surface area (Å²) in [6, 6.07) is 9.31. The van der Waals surface area contributed by atoms with Crippen LogP contribution in [0.2, 0.25) is 5.02 Å². The molecule has 2 aromatic carbocycles. The third-order valence-electron chi connectivity index (χ3n) is 3.26. The maximum Gasteiger partial charge on any atom is 0.271 e. The van der Waals surface area contributed by atoms with Gasteiger partial charge in [0.25, 0.3) is 5.69 Å². The molecule has 1 N–H and O–H groups in total. The molecule has 132 valence electrons. The van der Waals surface area contributed by atoms with Crippen molar-refractivity contribution in [1.82, 2.24) is 20.2 Å². The second-order valence-electron chi connectivity index (χ2n) is 5.12. The molecule has 9 nitrogen and oxygen atoms in total. The van der Waals surface area contributed by atoms with Crippen molar-refractivity contribution >= 4 is 28.9 Å². The van der Waals surface area contributed by atoms with Crippen molar-refractivity contribution in [2.45, 2.75) is 6.54 Å². The van der Waals surface area contributed by atoms with Crippen molar-refractivity contribution in [2.75, 3.05) is 5.32 Å². The molecule has 0 saturated carbocycles. The topological polar surface area (TPSA) is 116 Å². The van der Waals surface area contributed by atoms with E-state index in [9.17, 15) is 19.3 Å². The number of non-ortho nitro benzene ring substituents is 1. The number of amides is 1. The van der Waals surface area contributed by atoms with Gasteiger partial charge < -0.3 is 5.32 Å². The smallest absolute Gasteiger partial charge is 0.271 e. The van der Waals surface area contributed by atoms with Gasteiger partial charge in [0.1, 0.15) is 12.4 Å². The van der Waals surface area contributed by atoms with E-state index in [2.05, 4.69) is 20.7 Å². The van der Waals surface area contributed by atoms with Crippen molar-refractivity contribution in [1.29, 1.82) is 0 Å². The number of nitro benzene ring substituents is 1. The fourth-order valence-electron chi connectivity index (χ4n) is 2.09. The number of benzene rings is 2. The summed E-state index contributed by atoms with van der Waals surface area (Å²) in [5, 5.41) is 24.9. The second-order valence-corrected chi connectivity index (χ2v) is 5.53. The summed E-state index contributed by atoms with van der Waals surface area (Å²) in [7, 11) is 0. The predicted octanol–water partition coefficient (Wildman–Crippen LogP) is 2.68. The third-order valence-corrected chi connectivity index (χ3v) is 3.59. The summed E-state index contributed by atoms with van der Waals surface area (Å²) >= 11 is 5.92. The highest BCUT2D eigenvalue weighted by Gasteiger charge is 2.14. The van der Waals surface area contributed by atoms with Crippen LogP contribution in [0.5, 0.6) is 0 Å². The fraction of sp³-hybridized carbons (Fsp3) is 0.0667. The number of aromatic nitrogens is 4. The lowest BCUT2D eigenvalue weighted by atomic mass is 10.2. The first-order valence-electron chi connectivity index (χ1n) is 7.20. The molecule has 0 aliphatic heterocycles. The van der Waals surface area contributed by atoms with Gasteiger partial charge in [-0.05, 0) is 23.4 Å². The molecule has 3 rings (SSSR count). The normalized spacial score (nSPS) is 10.5. The highest BCUT2D eigenvalue weighted by Crippen LogP contribution is 2.26. The lowest BCUT2D eigenvalue weighted by Crippen LogP contribution is -2.20. The molecule has 0 bridgehead atoms. The number of carbonyl (C=O) groups excluding carboxylic acids is 1. The molecule has 0 atom stereocenters. The molecule has 11 heteroatoms. The van der Waals surface area contributed by atoms with E-state index in [0.29, 0.717) is 5.56 Å². The van der Waals surface area contributed by atoms with Crippen LogP contribution in [0.25, 0.3) is 11.4 Å². The van der Waals surface area contributed by atoms with Crippen molar-refractivity contribution in [3.05, 3.63) is 63.4 Å². The van der Waals surface area contributed by atoms with E-state index in [1.165, 1.54) is 30.3 Å². The van der Waals surface area contributed by atoms with Gasteiger partial charge in [-0.25, -0.2) is 4.39 Å². The van der Waals surface area contributed by atoms with Crippen molar-refractivity contribution < 1.29 is 14.1 Å². The zero-order valence-corrected chi connectivity index (χ0v) is 13.7. The van der Waals surface area contributed by atoms with Gasteiger partial charge in [0, 0.05) is 17.7 Å². The Morgan fingerprint density at radius 2 is 2.12 bits per heavy atom. The highest BCUT2D eigenvalue weighted by molar-refractivity contribution is 6.33. The SMILES string of the molecule is O=C(Cn1nnc(-c2cccc(F)c2)n1)Nc1cc([N+](=O)[O-])ccc1Cl. The van der Waals surface area contributed by atoms with Crippen LogP contribution < -0.4 is 5.32 Å². The molecule has 1 amide bonds. The number of nitro groups is 1. The van der Waals surface area contributed by atoms with Crippen LogP contribution in [0.3, 0.4) is 0 Å². The fourth-order valence-corrected chi connectivity index (χ4v) is 2.26. The van der Waals surface area contributed by atoms with Crippen LogP contribution in [-0.2, 0) is 11.3 Å². The second kappa shape index (κ2) is 7.23. The molecule has 0 fully saturated rings. The minimum atomic E-state index is -0.601. The van der Waals surface area contributed by atoms with Gasteiger partial charge >= 0.3 is 0 Å². The van der Waals surface area contributed by atoms with E-state index in [0.717, 1.165) is 10.9 Å². The Balaban J connectivity index is 1.71. The third kappa shape index (κ3) is 3.98. The summed E-state index contributed by atoms with van der Waals surface area (Å²) < 4.78 is 13.2. The number of hydrogen-bond donors (Lipinski definition) is 1. The summed E-state index contributed by atoms with van der Waals surface area (Å²) in [5.74, 6) is -0.849. The maximum absolute atomic E-state index is 13.2. The quantitative estimate of drug-likeness (QED) is 0.540. The average Bonchev–Trinajstić information content (AvgIpc) is 3.05. The summed E-state index contributed by atoms with van der Waals surface area (Å²) in [4.78, 5) is 23.3. The Hall–Kier alpha value is -3.40. The Morgan fingerprint density at radius 1 is 1.31 bits per heavy atom. The molecule has 1 aromatic heterocycles. The maximum atomic E-state index is 13.2. The van der Waals surface area contributed by atoms with E-state index in [1.807, 2.05) is 0 Å². The lowest BCUT2D eigenvalue weighted by molar-refractivity contribution is -0.384. The Labute approximate surface area is 150 Å². The van der Waals surface area contributed by atoms with E-state index in [1.54, 1.807) is 6.07 Å². The number of anilines is 1. The van der Waals surface area contributed by atoms with Crippen LogP contribution in [0.1, 0.15) is 0 Å². The first-order valence-corrected chi connectivity index (χ1v) is 7.58. The van der Waals surface area contributed by atoms with Crippen molar-refractivity contribution in [3.8, 4) is 11.4 Å². The van der Waals surface area contributed by atoms with E-state index in [4.69, 9.17) is 11.6 Å². The zero-order chi connectivity index (χ0) is 18.7.